The maximum absolute atomic E-state index is 10.6. The fourth-order valence-electron chi connectivity index (χ4n) is 2.11. The number of thioether (sulfide) groups is 2. The Morgan fingerprint density at radius 2 is 2.11 bits per heavy atom. The summed E-state index contributed by atoms with van der Waals surface area (Å²) in [6.45, 7) is 2.17. The van der Waals surface area contributed by atoms with E-state index in [1.165, 1.54) is 0 Å². The molecule has 1 aromatic carbocycles. The van der Waals surface area contributed by atoms with Gasteiger partial charge in [0.2, 0.25) is 0 Å². The highest BCUT2D eigenvalue weighted by molar-refractivity contribution is 8.07. The molecule has 18 heavy (non-hydrogen) atoms. The lowest BCUT2D eigenvalue weighted by atomic mass is 10.0. The second-order valence-corrected chi connectivity index (χ2v) is 7.45. The van der Waals surface area contributed by atoms with Gasteiger partial charge in [0.05, 0.1) is 13.2 Å². The summed E-state index contributed by atoms with van der Waals surface area (Å²) in [5.41, 5.74) is 0.789. The van der Waals surface area contributed by atoms with Crippen molar-refractivity contribution in [2.75, 3.05) is 18.6 Å². The highest BCUT2D eigenvalue weighted by Crippen LogP contribution is 2.41. The van der Waals surface area contributed by atoms with Crippen LogP contribution in [0.5, 0.6) is 5.75 Å². The second kappa shape index (κ2) is 6.42. The lowest BCUT2D eigenvalue weighted by Gasteiger charge is -2.32. The average molecular weight is 305 g/mol. The molecule has 1 fully saturated rings. The average Bonchev–Trinajstić information content (AvgIpc) is 2.38. The molecule has 0 aromatic heterocycles. The molecule has 5 heteroatoms. The standard InChI is InChI=1S/C13H17ClO2S2/c1-8-13(18-6-5-17-8)12(15)10-7-9(14)3-4-11(10)16-2/h3-4,7-8,12-13,15H,5-6H2,1-2H3. The predicted molar refractivity (Wildman–Crippen MR) is 81.1 cm³/mol. The molecule has 2 nitrogen and oxygen atoms in total. The van der Waals surface area contributed by atoms with Crippen LogP contribution in [-0.2, 0) is 0 Å². The summed E-state index contributed by atoms with van der Waals surface area (Å²) in [6.07, 6.45) is -0.536. The lowest BCUT2D eigenvalue weighted by Crippen LogP contribution is -2.29. The summed E-state index contributed by atoms with van der Waals surface area (Å²) in [7, 11) is 1.62. The zero-order chi connectivity index (χ0) is 13.1. The number of halogens is 1. The molecule has 1 N–H and O–H groups in total. The largest absolute Gasteiger partial charge is 0.496 e. The van der Waals surface area contributed by atoms with Crippen LogP contribution in [0.4, 0.5) is 0 Å². The van der Waals surface area contributed by atoms with E-state index in [-0.39, 0.29) is 5.25 Å². The molecular formula is C13H17ClO2S2. The summed E-state index contributed by atoms with van der Waals surface area (Å²) < 4.78 is 5.31. The first-order valence-corrected chi connectivity index (χ1v) is 8.35. The third-order valence-corrected chi connectivity index (χ3v) is 6.47. The van der Waals surface area contributed by atoms with E-state index in [0.29, 0.717) is 16.0 Å². The molecule has 1 heterocycles. The van der Waals surface area contributed by atoms with E-state index in [0.717, 1.165) is 17.1 Å². The quantitative estimate of drug-likeness (QED) is 0.923. The van der Waals surface area contributed by atoms with E-state index in [1.54, 1.807) is 19.2 Å². The molecule has 1 aromatic rings. The van der Waals surface area contributed by atoms with Crippen LogP contribution < -0.4 is 4.74 Å². The number of aliphatic hydroxyl groups is 1. The van der Waals surface area contributed by atoms with Gasteiger partial charge >= 0.3 is 0 Å². The molecule has 0 bridgehead atoms. The first kappa shape index (κ1) is 14.4. The minimum atomic E-state index is -0.536. The normalized spacial score (nSPS) is 25.8. The SMILES string of the molecule is COc1ccc(Cl)cc1C(O)C1SCCSC1C. The van der Waals surface area contributed by atoms with Crippen LogP contribution in [0, 0.1) is 0 Å². The summed E-state index contributed by atoms with van der Waals surface area (Å²) in [4.78, 5) is 0. The smallest absolute Gasteiger partial charge is 0.124 e. The zero-order valence-corrected chi connectivity index (χ0v) is 12.8. The number of methoxy groups -OCH3 is 1. The summed E-state index contributed by atoms with van der Waals surface area (Å²) in [5.74, 6) is 2.94. The van der Waals surface area contributed by atoms with Crippen LogP contribution in [0.1, 0.15) is 18.6 Å². The number of hydrogen-bond donors (Lipinski definition) is 1. The zero-order valence-electron chi connectivity index (χ0n) is 10.4. The number of ether oxygens (including phenoxy) is 1. The van der Waals surface area contributed by atoms with Gasteiger partial charge in [-0.25, -0.2) is 0 Å². The monoisotopic (exact) mass is 304 g/mol. The highest BCUT2D eigenvalue weighted by atomic mass is 35.5. The van der Waals surface area contributed by atoms with Crippen LogP contribution in [0.15, 0.2) is 18.2 Å². The maximum Gasteiger partial charge on any atom is 0.124 e. The second-order valence-electron chi connectivity index (χ2n) is 4.24. The summed E-state index contributed by atoms with van der Waals surface area (Å²) >= 11 is 9.76. The molecule has 0 radical (unpaired) electrons. The van der Waals surface area contributed by atoms with Crippen LogP contribution in [0.25, 0.3) is 0 Å². The Morgan fingerprint density at radius 1 is 1.39 bits per heavy atom. The molecule has 1 saturated heterocycles. The molecule has 0 spiro atoms. The molecular weight excluding hydrogens is 288 g/mol. The van der Waals surface area contributed by atoms with E-state index in [2.05, 4.69) is 6.92 Å². The topological polar surface area (TPSA) is 29.5 Å². The van der Waals surface area contributed by atoms with Crippen LogP contribution in [-0.4, -0.2) is 34.2 Å². The van der Waals surface area contributed by atoms with Crippen LogP contribution >= 0.6 is 35.1 Å². The van der Waals surface area contributed by atoms with Crippen molar-refractivity contribution >= 4 is 35.1 Å². The van der Waals surface area contributed by atoms with Gasteiger partial charge in [-0.1, -0.05) is 18.5 Å². The Balaban J connectivity index is 2.26. The Kier molecular flexibility index (Phi) is 5.13. The van der Waals surface area contributed by atoms with E-state index >= 15 is 0 Å². The van der Waals surface area contributed by atoms with Crippen molar-refractivity contribution in [3.63, 3.8) is 0 Å². The molecule has 0 saturated carbocycles. The van der Waals surface area contributed by atoms with Crippen LogP contribution in [0.2, 0.25) is 5.02 Å². The molecule has 1 aliphatic heterocycles. The molecule has 100 valence electrons. The van der Waals surface area contributed by atoms with Crippen molar-refractivity contribution < 1.29 is 9.84 Å². The summed E-state index contributed by atoms with van der Waals surface area (Å²) in [5, 5.41) is 11.8. The lowest BCUT2D eigenvalue weighted by molar-refractivity contribution is 0.170. The number of hydrogen-bond acceptors (Lipinski definition) is 4. The number of rotatable bonds is 3. The molecule has 0 amide bonds. The maximum atomic E-state index is 10.6. The van der Waals surface area contributed by atoms with Gasteiger partial charge in [0.15, 0.2) is 0 Å². The Hall–Kier alpha value is -0.0300. The van der Waals surface area contributed by atoms with E-state index in [1.807, 2.05) is 29.6 Å². The van der Waals surface area contributed by atoms with Crippen molar-refractivity contribution in [2.45, 2.75) is 23.5 Å². The molecule has 3 atom stereocenters. The van der Waals surface area contributed by atoms with E-state index in [4.69, 9.17) is 16.3 Å². The first-order valence-electron chi connectivity index (χ1n) is 5.88. The molecule has 0 aliphatic carbocycles. The third-order valence-electron chi connectivity index (χ3n) is 3.06. The van der Waals surface area contributed by atoms with Crippen molar-refractivity contribution in [2.24, 2.45) is 0 Å². The van der Waals surface area contributed by atoms with E-state index < -0.39 is 6.10 Å². The number of benzene rings is 1. The fourth-order valence-corrected chi connectivity index (χ4v) is 5.11. The predicted octanol–water partition coefficient (Wildman–Crippen LogP) is 3.62. The summed E-state index contributed by atoms with van der Waals surface area (Å²) in [6, 6.07) is 5.40. The van der Waals surface area contributed by atoms with Crippen LogP contribution in [0.3, 0.4) is 0 Å². The minimum absolute atomic E-state index is 0.191. The van der Waals surface area contributed by atoms with Gasteiger partial charge < -0.3 is 9.84 Å². The fraction of sp³-hybridized carbons (Fsp3) is 0.538. The van der Waals surface area contributed by atoms with Gasteiger partial charge in [-0.15, -0.1) is 0 Å². The van der Waals surface area contributed by atoms with Crippen molar-refractivity contribution in [1.29, 1.82) is 0 Å². The third kappa shape index (κ3) is 3.10. The van der Waals surface area contributed by atoms with Crippen molar-refractivity contribution in [3.05, 3.63) is 28.8 Å². The molecule has 1 aliphatic rings. The van der Waals surface area contributed by atoms with Gasteiger partial charge in [-0.05, 0) is 18.2 Å². The Morgan fingerprint density at radius 3 is 2.78 bits per heavy atom. The number of aliphatic hydroxyl groups excluding tert-OH is 1. The Bertz CT molecular complexity index is 414. The van der Waals surface area contributed by atoms with Crippen molar-refractivity contribution in [3.8, 4) is 5.75 Å². The first-order chi connectivity index (χ1) is 8.63. The van der Waals surface area contributed by atoms with Gasteiger partial charge in [0.1, 0.15) is 5.75 Å². The molecule has 2 rings (SSSR count). The van der Waals surface area contributed by atoms with Gasteiger partial charge in [0.25, 0.3) is 0 Å². The van der Waals surface area contributed by atoms with Gasteiger partial charge in [-0.2, -0.15) is 23.5 Å². The van der Waals surface area contributed by atoms with Gasteiger partial charge in [0, 0.05) is 32.6 Å². The van der Waals surface area contributed by atoms with E-state index in [9.17, 15) is 5.11 Å². The van der Waals surface area contributed by atoms with Crippen molar-refractivity contribution in [1.82, 2.24) is 0 Å². The Labute approximate surface area is 121 Å². The minimum Gasteiger partial charge on any atom is -0.496 e. The molecule has 3 unspecified atom stereocenters. The van der Waals surface area contributed by atoms with Gasteiger partial charge in [-0.3, -0.25) is 0 Å². The highest BCUT2D eigenvalue weighted by Gasteiger charge is 2.31.